The van der Waals surface area contributed by atoms with Crippen molar-refractivity contribution in [2.75, 3.05) is 31.4 Å². The zero-order valence-electron chi connectivity index (χ0n) is 23.4. The topological polar surface area (TPSA) is 143 Å². The Balaban J connectivity index is 1.27. The molecule has 1 aliphatic carbocycles. The number of hydrogen-bond donors (Lipinski definition) is 2. The first-order valence-corrected chi connectivity index (χ1v) is 16.0. The molecule has 1 unspecified atom stereocenters. The summed E-state index contributed by atoms with van der Waals surface area (Å²) in [4.78, 5) is 28.5. The molecule has 1 aromatic carbocycles. The number of thioether (sulfide) groups is 1. The summed E-state index contributed by atoms with van der Waals surface area (Å²) in [5.41, 5.74) is 10.4. The van der Waals surface area contributed by atoms with Gasteiger partial charge in [-0.25, -0.2) is 0 Å². The maximum Gasteiger partial charge on any atom is 0.230 e. The van der Waals surface area contributed by atoms with Gasteiger partial charge in [0.1, 0.15) is 5.82 Å². The number of aromatic nitrogens is 2. The van der Waals surface area contributed by atoms with Crippen LogP contribution in [0.1, 0.15) is 41.2 Å². The average molecular weight is 623 g/mol. The average Bonchev–Trinajstić information content (AvgIpc) is 3.64. The van der Waals surface area contributed by atoms with Crippen LogP contribution in [0.2, 0.25) is 0 Å². The number of ether oxygens (including phenoxy) is 2. The number of nitrogens with two attached hydrogens (primary N) is 1. The van der Waals surface area contributed by atoms with Crippen molar-refractivity contribution in [2.45, 2.75) is 42.9 Å². The SMILES string of the molecule is COc1ccc(CCNC(=O)CSc2nnc(N3C(N)=C(C#N)C(c4sccc4C)C4=C3CCCC4=O)s2)cc1OC. The molecule has 3 heterocycles. The summed E-state index contributed by atoms with van der Waals surface area (Å²) in [5.74, 6) is 1.17. The molecule has 0 spiro atoms. The van der Waals surface area contributed by atoms with Crippen LogP contribution >= 0.6 is 34.4 Å². The lowest BCUT2D eigenvalue weighted by Crippen LogP contribution is -2.38. The molecule has 2 aliphatic rings. The third-order valence-corrected chi connectivity index (χ3v) is 10.3. The fraction of sp³-hybridized carbons (Fsp3) is 0.345. The molecule has 0 bridgehead atoms. The molecule has 0 fully saturated rings. The van der Waals surface area contributed by atoms with Crippen molar-refractivity contribution in [1.82, 2.24) is 15.5 Å². The quantitative estimate of drug-likeness (QED) is 0.306. The highest BCUT2D eigenvalue weighted by molar-refractivity contribution is 8.01. The summed E-state index contributed by atoms with van der Waals surface area (Å²) in [6.45, 7) is 2.45. The van der Waals surface area contributed by atoms with Crippen LogP contribution in [0.4, 0.5) is 5.13 Å². The number of hydrogen-bond acceptors (Lipinski definition) is 12. The van der Waals surface area contributed by atoms with Gasteiger partial charge in [-0.05, 0) is 60.9 Å². The number of aryl methyl sites for hydroxylation is 1. The first-order valence-electron chi connectivity index (χ1n) is 13.3. The van der Waals surface area contributed by atoms with E-state index in [9.17, 15) is 14.9 Å². The Morgan fingerprint density at radius 1 is 1.24 bits per heavy atom. The smallest absolute Gasteiger partial charge is 0.230 e. The number of nitrogens with zero attached hydrogens (tertiary/aromatic N) is 4. The largest absolute Gasteiger partial charge is 0.493 e. The standard InChI is InChI=1S/C29H30N6O4S3/c1-16-10-12-40-26(16)24-18(14-30)27(31)35(19-5-4-6-20(36)25(19)24)28-33-34-29(42-28)41-15-23(37)32-11-9-17-7-8-21(38-2)22(13-17)39-3/h7-8,10,12-13,24H,4-6,9,11,15,31H2,1-3H3,(H,32,37). The van der Waals surface area contributed by atoms with Gasteiger partial charge in [-0.15, -0.1) is 21.5 Å². The number of allylic oxidation sites excluding steroid dienone is 3. The van der Waals surface area contributed by atoms with Crippen LogP contribution in [0.5, 0.6) is 11.5 Å². The first-order chi connectivity index (χ1) is 20.4. The molecule has 13 heteroatoms. The van der Waals surface area contributed by atoms with Crippen molar-refractivity contribution < 1.29 is 19.1 Å². The van der Waals surface area contributed by atoms with Gasteiger partial charge < -0.3 is 20.5 Å². The Bertz CT molecular complexity index is 1620. The molecule has 5 rings (SSSR count). The summed E-state index contributed by atoms with van der Waals surface area (Å²) < 4.78 is 11.2. The van der Waals surface area contributed by atoms with Crippen LogP contribution in [-0.4, -0.2) is 48.4 Å². The summed E-state index contributed by atoms with van der Waals surface area (Å²) >= 11 is 4.08. The van der Waals surface area contributed by atoms with E-state index in [0.717, 1.165) is 21.7 Å². The molecule has 10 nitrogen and oxygen atoms in total. The van der Waals surface area contributed by atoms with Crippen molar-refractivity contribution in [3.05, 3.63) is 68.3 Å². The highest BCUT2D eigenvalue weighted by atomic mass is 32.2. The number of nitriles is 1. The molecule has 3 aromatic rings. The number of carbonyl (C=O) groups is 2. The Hall–Kier alpha value is -3.86. The zero-order chi connectivity index (χ0) is 29.8. The minimum Gasteiger partial charge on any atom is -0.493 e. The Morgan fingerprint density at radius 3 is 2.76 bits per heavy atom. The third kappa shape index (κ3) is 5.88. The number of ketones is 1. The van der Waals surface area contributed by atoms with E-state index in [1.54, 1.807) is 19.1 Å². The van der Waals surface area contributed by atoms with Crippen molar-refractivity contribution in [3.63, 3.8) is 0 Å². The molecule has 42 heavy (non-hydrogen) atoms. The summed E-state index contributed by atoms with van der Waals surface area (Å²) in [6.07, 6.45) is 2.42. The number of benzene rings is 1. The molecule has 218 valence electrons. The van der Waals surface area contributed by atoms with Gasteiger partial charge in [-0.1, -0.05) is 29.2 Å². The molecule has 1 aliphatic heterocycles. The van der Waals surface area contributed by atoms with E-state index in [0.29, 0.717) is 64.3 Å². The summed E-state index contributed by atoms with van der Waals surface area (Å²) in [6, 6.07) is 9.95. The molecule has 0 saturated heterocycles. The number of amides is 1. The summed E-state index contributed by atoms with van der Waals surface area (Å²) in [5, 5.41) is 24.2. The van der Waals surface area contributed by atoms with Crippen molar-refractivity contribution in [1.29, 1.82) is 5.26 Å². The first kappa shape index (κ1) is 29.6. The van der Waals surface area contributed by atoms with Crippen LogP contribution in [0.15, 0.2) is 56.6 Å². The van der Waals surface area contributed by atoms with Crippen LogP contribution in [0, 0.1) is 18.3 Å². The lowest BCUT2D eigenvalue weighted by atomic mass is 9.78. The molecular formula is C29H30N6O4S3. The predicted molar refractivity (Wildman–Crippen MR) is 164 cm³/mol. The highest BCUT2D eigenvalue weighted by Crippen LogP contribution is 2.48. The van der Waals surface area contributed by atoms with Crippen LogP contribution in [0.3, 0.4) is 0 Å². The Kier molecular flexibility index (Phi) is 9.15. The van der Waals surface area contributed by atoms with Gasteiger partial charge in [0, 0.05) is 29.1 Å². The molecular weight excluding hydrogens is 593 g/mol. The minimum absolute atomic E-state index is 0.0307. The zero-order valence-corrected chi connectivity index (χ0v) is 25.9. The van der Waals surface area contributed by atoms with Gasteiger partial charge in [0.15, 0.2) is 21.6 Å². The second-order valence-corrected chi connectivity index (χ2v) is 12.8. The second-order valence-electron chi connectivity index (χ2n) is 9.71. The lowest BCUT2D eigenvalue weighted by Gasteiger charge is -2.37. The normalized spacial score (nSPS) is 16.8. The number of nitrogens with one attached hydrogen (secondary N) is 1. The van der Waals surface area contributed by atoms with Gasteiger partial charge in [0.2, 0.25) is 11.0 Å². The third-order valence-electron chi connectivity index (χ3n) is 7.17. The molecule has 1 atom stereocenters. The van der Waals surface area contributed by atoms with Crippen molar-refractivity contribution in [3.8, 4) is 17.6 Å². The number of methoxy groups -OCH3 is 2. The number of carbonyl (C=O) groups excluding carboxylic acids is 2. The van der Waals surface area contributed by atoms with Gasteiger partial charge in [0.25, 0.3) is 0 Å². The Morgan fingerprint density at radius 2 is 2.05 bits per heavy atom. The van der Waals surface area contributed by atoms with E-state index in [2.05, 4.69) is 21.6 Å². The van der Waals surface area contributed by atoms with Gasteiger partial charge in [-0.2, -0.15) is 5.26 Å². The molecule has 2 aromatic heterocycles. The maximum absolute atomic E-state index is 13.3. The number of anilines is 1. The minimum atomic E-state index is -0.474. The predicted octanol–water partition coefficient (Wildman–Crippen LogP) is 4.68. The Labute approximate surface area is 256 Å². The molecule has 3 N–H and O–H groups in total. The number of thiophene rings is 1. The maximum atomic E-state index is 13.3. The van der Waals surface area contributed by atoms with Gasteiger partial charge >= 0.3 is 0 Å². The monoisotopic (exact) mass is 622 g/mol. The van der Waals surface area contributed by atoms with Gasteiger partial charge in [-0.3, -0.25) is 14.5 Å². The van der Waals surface area contributed by atoms with Crippen LogP contribution in [-0.2, 0) is 16.0 Å². The van der Waals surface area contributed by atoms with E-state index in [4.69, 9.17) is 15.2 Å². The number of Topliss-reactive ketones (excluding diaryl/α,β-unsaturated/α-hetero) is 1. The van der Waals surface area contributed by atoms with Crippen molar-refractivity contribution in [2.24, 2.45) is 5.73 Å². The fourth-order valence-electron chi connectivity index (χ4n) is 5.16. The highest BCUT2D eigenvalue weighted by Gasteiger charge is 2.42. The van der Waals surface area contributed by atoms with Crippen LogP contribution < -0.4 is 25.4 Å². The molecule has 0 radical (unpaired) electrons. The van der Waals surface area contributed by atoms with E-state index >= 15 is 0 Å². The van der Waals surface area contributed by atoms with E-state index in [-0.39, 0.29) is 23.3 Å². The van der Waals surface area contributed by atoms with Crippen LogP contribution in [0.25, 0.3) is 0 Å². The molecule has 0 saturated carbocycles. The van der Waals surface area contributed by atoms with Gasteiger partial charge in [0.05, 0.1) is 37.5 Å². The van der Waals surface area contributed by atoms with Crippen molar-refractivity contribution >= 4 is 51.3 Å². The number of rotatable bonds is 10. The lowest BCUT2D eigenvalue weighted by molar-refractivity contribution is -0.118. The second kappa shape index (κ2) is 13.0. The van der Waals surface area contributed by atoms with E-state index in [1.807, 2.05) is 36.6 Å². The fourth-order valence-corrected chi connectivity index (χ4v) is 7.91. The molecule has 1 amide bonds. The van der Waals surface area contributed by atoms with E-state index < -0.39 is 5.92 Å². The summed E-state index contributed by atoms with van der Waals surface area (Å²) in [7, 11) is 3.18. The van der Waals surface area contributed by atoms with E-state index in [1.165, 1.54) is 34.4 Å².